The standard InChI is InChI=1S/C9H18N2.H2O/c1-4-5-6-11-8-7-10(3)9(11)2;/h7-9H,4-6H2,1-3H3;1H2. The van der Waals surface area contributed by atoms with E-state index in [1.54, 1.807) is 0 Å². The minimum atomic E-state index is 0. The third kappa shape index (κ3) is 2.41. The predicted octanol–water partition coefficient (Wildman–Crippen LogP) is 1.03. The summed E-state index contributed by atoms with van der Waals surface area (Å²) in [7, 11) is 2.12. The summed E-state index contributed by atoms with van der Waals surface area (Å²) in [4.78, 5) is 4.61. The predicted molar refractivity (Wildman–Crippen MR) is 51.6 cm³/mol. The summed E-state index contributed by atoms with van der Waals surface area (Å²) in [6.45, 7) is 5.66. The maximum Gasteiger partial charge on any atom is 0.0974 e. The summed E-state index contributed by atoms with van der Waals surface area (Å²) >= 11 is 0. The number of hydrogen-bond acceptors (Lipinski definition) is 2. The highest BCUT2D eigenvalue weighted by atomic mass is 16.0. The molecule has 3 heteroatoms. The molecule has 0 amide bonds. The van der Waals surface area contributed by atoms with Crippen LogP contribution in [0.5, 0.6) is 0 Å². The lowest BCUT2D eigenvalue weighted by Crippen LogP contribution is -2.33. The quantitative estimate of drug-likeness (QED) is 0.637. The number of rotatable bonds is 3. The van der Waals surface area contributed by atoms with E-state index in [-0.39, 0.29) is 5.48 Å². The molecule has 0 spiro atoms. The van der Waals surface area contributed by atoms with E-state index in [1.807, 2.05) is 0 Å². The van der Waals surface area contributed by atoms with E-state index < -0.39 is 0 Å². The Morgan fingerprint density at radius 3 is 2.42 bits per heavy atom. The second kappa shape index (κ2) is 5.04. The van der Waals surface area contributed by atoms with Crippen LogP contribution in [0.3, 0.4) is 0 Å². The van der Waals surface area contributed by atoms with E-state index in [0.717, 1.165) is 0 Å². The molecule has 0 bridgehead atoms. The van der Waals surface area contributed by atoms with Gasteiger partial charge < -0.3 is 15.3 Å². The van der Waals surface area contributed by atoms with Gasteiger partial charge >= 0.3 is 0 Å². The van der Waals surface area contributed by atoms with Gasteiger partial charge in [0.2, 0.25) is 0 Å². The normalized spacial score (nSPS) is 21.4. The van der Waals surface area contributed by atoms with Crippen LogP contribution < -0.4 is 0 Å². The van der Waals surface area contributed by atoms with Crippen molar-refractivity contribution in [3.8, 4) is 0 Å². The Bertz CT molecular complexity index is 147. The maximum atomic E-state index is 2.38. The smallest absolute Gasteiger partial charge is 0.0974 e. The molecule has 0 aromatic carbocycles. The lowest BCUT2D eigenvalue weighted by Gasteiger charge is -2.26. The Labute approximate surface area is 75.0 Å². The van der Waals surface area contributed by atoms with Crippen molar-refractivity contribution in [2.75, 3.05) is 13.6 Å². The lowest BCUT2D eigenvalue weighted by molar-refractivity contribution is 0.193. The van der Waals surface area contributed by atoms with Crippen LogP contribution in [0.15, 0.2) is 12.4 Å². The molecule has 3 nitrogen and oxygen atoms in total. The first-order valence-corrected chi connectivity index (χ1v) is 4.41. The molecule has 72 valence electrons. The number of nitrogens with zero attached hydrogens (tertiary/aromatic N) is 2. The largest absolute Gasteiger partial charge is 0.412 e. The number of unbranched alkanes of at least 4 members (excludes halogenated alkanes) is 1. The molecule has 0 saturated heterocycles. The maximum absolute atomic E-state index is 2.38. The van der Waals surface area contributed by atoms with Gasteiger partial charge in [-0.15, -0.1) is 0 Å². The zero-order chi connectivity index (χ0) is 8.27. The van der Waals surface area contributed by atoms with Crippen LogP contribution in [0.2, 0.25) is 0 Å². The minimum absolute atomic E-state index is 0. The van der Waals surface area contributed by atoms with Crippen LogP contribution in [0.4, 0.5) is 0 Å². The summed E-state index contributed by atoms with van der Waals surface area (Å²) in [6.07, 6.45) is 7.45. The Morgan fingerprint density at radius 2 is 2.00 bits per heavy atom. The molecule has 1 aliphatic heterocycles. The molecule has 0 saturated carbocycles. The first kappa shape index (κ1) is 11.3. The van der Waals surface area contributed by atoms with E-state index in [0.29, 0.717) is 6.17 Å². The molecular formula is C9H20N2O. The second-order valence-electron chi connectivity index (χ2n) is 3.19. The summed E-state index contributed by atoms with van der Waals surface area (Å²) < 4.78 is 0. The highest BCUT2D eigenvalue weighted by Crippen LogP contribution is 2.13. The Hall–Kier alpha value is -0.700. The van der Waals surface area contributed by atoms with Crippen LogP contribution in [-0.2, 0) is 0 Å². The van der Waals surface area contributed by atoms with Crippen LogP contribution in [0.1, 0.15) is 26.7 Å². The average molecular weight is 172 g/mol. The summed E-state index contributed by atoms with van der Waals surface area (Å²) in [6, 6.07) is 0. The zero-order valence-corrected chi connectivity index (χ0v) is 8.25. The fourth-order valence-electron chi connectivity index (χ4n) is 1.28. The molecule has 1 atom stereocenters. The first-order chi connectivity index (χ1) is 5.25. The molecule has 0 aliphatic carbocycles. The summed E-state index contributed by atoms with van der Waals surface area (Å²) in [5, 5.41) is 0. The highest BCUT2D eigenvalue weighted by Gasteiger charge is 2.16. The molecule has 0 aromatic rings. The summed E-state index contributed by atoms with van der Waals surface area (Å²) in [5.74, 6) is 0. The fourth-order valence-corrected chi connectivity index (χ4v) is 1.28. The molecule has 1 rings (SSSR count). The van der Waals surface area contributed by atoms with Crippen molar-refractivity contribution < 1.29 is 5.48 Å². The molecule has 1 heterocycles. The van der Waals surface area contributed by atoms with Gasteiger partial charge in [-0.25, -0.2) is 0 Å². The topological polar surface area (TPSA) is 38.0 Å². The van der Waals surface area contributed by atoms with E-state index in [2.05, 4.69) is 43.1 Å². The van der Waals surface area contributed by atoms with Gasteiger partial charge in [0.15, 0.2) is 0 Å². The van der Waals surface area contributed by atoms with Crippen molar-refractivity contribution >= 4 is 0 Å². The van der Waals surface area contributed by atoms with Crippen LogP contribution in [-0.4, -0.2) is 35.0 Å². The molecule has 1 unspecified atom stereocenters. The van der Waals surface area contributed by atoms with Crippen molar-refractivity contribution in [3.05, 3.63) is 12.4 Å². The van der Waals surface area contributed by atoms with Crippen LogP contribution >= 0.6 is 0 Å². The highest BCUT2D eigenvalue weighted by molar-refractivity contribution is 4.93. The van der Waals surface area contributed by atoms with E-state index in [1.165, 1.54) is 19.4 Å². The van der Waals surface area contributed by atoms with Gasteiger partial charge in [0, 0.05) is 26.0 Å². The summed E-state index contributed by atoms with van der Waals surface area (Å²) in [5.41, 5.74) is 0. The Kier molecular flexibility index (Phi) is 4.74. The van der Waals surface area contributed by atoms with Crippen molar-refractivity contribution in [2.24, 2.45) is 0 Å². The van der Waals surface area contributed by atoms with Crippen molar-refractivity contribution in [2.45, 2.75) is 32.9 Å². The molecule has 0 aromatic heterocycles. The Morgan fingerprint density at radius 1 is 1.33 bits per heavy atom. The third-order valence-electron chi connectivity index (χ3n) is 2.33. The monoisotopic (exact) mass is 172 g/mol. The third-order valence-corrected chi connectivity index (χ3v) is 2.33. The van der Waals surface area contributed by atoms with Gasteiger partial charge in [0.05, 0.1) is 6.17 Å². The minimum Gasteiger partial charge on any atom is -0.412 e. The van der Waals surface area contributed by atoms with Gasteiger partial charge in [-0.05, 0) is 13.3 Å². The zero-order valence-electron chi connectivity index (χ0n) is 8.25. The van der Waals surface area contributed by atoms with E-state index in [9.17, 15) is 0 Å². The fraction of sp³-hybridized carbons (Fsp3) is 0.778. The van der Waals surface area contributed by atoms with Gasteiger partial charge in [-0.3, -0.25) is 0 Å². The van der Waals surface area contributed by atoms with Crippen LogP contribution in [0, 0.1) is 0 Å². The second-order valence-corrected chi connectivity index (χ2v) is 3.19. The van der Waals surface area contributed by atoms with Gasteiger partial charge in [-0.1, -0.05) is 13.3 Å². The number of hydrogen-bond donors (Lipinski definition) is 0. The molecular weight excluding hydrogens is 152 g/mol. The van der Waals surface area contributed by atoms with Crippen molar-refractivity contribution in [1.82, 2.24) is 9.80 Å². The van der Waals surface area contributed by atoms with Crippen molar-refractivity contribution in [3.63, 3.8) is 0 Å². The first-order valence-electron chi connectivity index (χ1n) is 4.41. The molecule has 1 aliphatic rings. The average Bonchev–Trinajstić information content (AvgIpc) is 2.31. The molecule has 0 radical (unpaired) electrons. The van der Waals surface area contributed by atoms with E-state index >= 15 is 0 Å². The lowest BCUT2D eigenvalue weighted by atomic mass is 10.3. The van der Waals surface area contributed by atoms with Gasteiger partial charge in [-0.2, -0.15) is 0 Å². The molecule has 0 fully saturated rings. The Balaban J connectivity index is 0.00000121. The molecule has 2 N–H and O–H groups in total. The van der Waals surface area contributed by atoms with Crippen molar-refractivity contribution in [1.29, 1.82) is 0 Å². The van der Waals surface area contributed by atoms with Gasteiger partial charge in [0.1, 0.15) is 0 Å². The van der Waals surface area contributed by atoms with E-state index in [4.69, 9.17) is 0 Å². The molecule has 12 heavy (non-hydrogen) atoms. The van der Waals surface area contributed by atoms with Gasteiger partial charge in [0.25, 0.3) is 0 Å². The SMILES string of the molecule is CCCCN1C=CN(C)C1C.O. The van der Waals surface area contributed by atoms with Crippen LogP contribution in [0.25, 0.3) is 0 Å².